The van der Waals surface area contributed by atoms with Crippen molar-refractivity contribution in [2.75, 3.05) is 4.72 Å². The van der Waals surface area contributed by atoms with E-state index < -0.39 is 16.0 Å². The first-order valence-electron chi connectivity index (χ1n) is 5.84. The van der Waals surface area contributed by atoms with Crippen LogP contribution in [0.3, 0.4) is 0 Å². The van der Waals surface area contributed by atoms with E-state index in [1.807, 2.05) is 0 Å². The molecule has 0 amide bonds. The quantitative estimate of drug-likeness (QED) is 0.835. The molecule has 5 nitrogen and oxygen atoms in total. The number of carbonyl (C=O) groups is 1. The van der Waals surface area contributed by atoms with Crippen LogP contribution in [0.4, 0.5) is 5.69 Å². The highest BCUT2D eigenvalue weighted by atomic mass is 79.9. The van der Waals surface area contributed by atoms with Crippen molar-refractivity contribution in [2.24, 2.45) is 0 Å². The van der Waals surface area contributed by atoms with Crippen LogP contribution in [-0.4, -0.2) is 19.5 Å². The average Bonchev–Trinajstić information content (AvgIpc) is 2.71. The summed E-state index contributed by atoms with van der Waals surface area (Å²) in [7, 11) is -3.75. The summed E-state index contributed by atoms with van der Waals surface area (Å²) in [6.45, 7) is 3.28. The topological polar surface area (TPSA) is 83.5 Å². The maximum atomic E-state index is 12.4. The second kappa shape index (κ2) is 5.78. The fourth-order valence-corrected chi connectivity index (χ4v) is 5.41. The summed E-state index contributed by atoms with van der Waals surface area (Å²) in [6.07, 6.45) is 0. The van der Waals surface area contributed by atoms with E-state index >= 15 is 0 Å². The van der Waals surface area contributed by atoms with Gasteiger partial charge in [-0.1, -0.05) is 6.07 Å². The molecule has 1 heterocycles. The van der Waals surface area contributed by atoms with E-state index in [0.29, 0.717) is 10.4 Å². The number of hydrogen-bond donors (Lipinski definition) is 2. The number of benzene rings is 1. The number of aryl methyl sites for hydroxylation is 1. The van der Waals surface area contributed by atoms with Gasteiger partial charge in [0.05, 0.1) is 15.0 Å². The molecule has 112 valence electrons. The Kier molecular flexibility index (Phi) is 4.40. The van der Waals surface area contributed by atoms with Gasteiger partial charge in [0.15, 0.2) is 0 Å². The molecule has 8 heteroatoms. The molecule has 0 radical (unpaired) electrons. The summed E-state index contributed by atoms with van der Waals surface area (Å²) < 4.78 is 28.0. The van der Waals surface area contributed by atoms with Crippen LogP contribution in [0.5, 0.6) is 0 Å². The van der Waals surface area contributed by atoms with Crippen LogP contribution >= 0.6 is 27.3 Å². The first kappa shape index (κ1) is 16.0. The van der Waals surface area contributed by atoms with Crippen molar-refractivity contribution < 1.29 is 18.3 Å². The molecule has 0 saturated carbocycles. The predicted molar refractivity (Wildman–Crippen MR) is 85.7 cm³/mol. The predicted octanol–water partition coefficient (Wildman–Crippen LogP) is 3.63. The third-order valence-corrected chi connectivity index (χ3v) is 6.11. The first-order chi connectivity index (χ1) is 9.72. The average molecular weight is 390 g/mol. The summed E-state index contributed by atoms with van der Waals surface area (Å²) in [5, 5.41) is 9.07. The first-order valence-corrected chi connectivity index (χ1v) is 8.93. The van der Waals surface area contributed by atoms with Crippen molar-refractivity contribution in [1.82, 2.24) is 0 Å². The van der Waals surface area contributed by atoms with Gasteiger partial charge in [-0.2, -0.15) is 0 Å². The highest BCUT2D eigenvalue weighted by Gasteiger charge is 2.21. The van der Waals surface area contributed by atoms with E-state index in [1.54, 1.807) is 13.8 Å². The Morgan fingerprint density at radius 1 is 1.33 bits per heavy atom. The minimum atomic E-state index is -3.75. The van der Waals surface area contributed by atoms with E-state index in [2.05, 4.69) is 20.7 Å². The van der Waals surface area contributed by atoms with Gasteiger partial charge in [0.2, 0.25) is 0 Å². The number of halogens is 1. The van der Waals surface area contributed by atoms with Gasteiger partial charge >= 0.3 is 5.97 Å². The standard InChI is InChI=1S/C13H12BrNO4S2/c1-7-9(13(16)17)4-3-5-10(7)15-21(18,19)11-6-12(14)20-8(11)2/h3-6,15H,1-2H3,(H,16,17). The highest BCUT2D eigenvalue weighted by molar-refractivity contribution is 9.11. The molecule has 0 saturated heterocycles. The lowest BCUT2D eigenvalue weighted by Crippen LogP contribution is -2.15. The minimum absolute atomic E-state index is 0.0680. The lowest BCUT2D eigenvalue weighted by molar-refractivity contribution is 0.0696. The largest absolute Gasteiger partial charge is 0.478 e. The Labute approximate surface area is 134 Å². The van der Waals surface area contributed by atoms with Crippen LogP contribution in [-0.2, 0) is 10.0 Å². The second-order valence-electron chi connectivity index (χ2n) is 4.36. The molecule has 1 aromatic carbocycles. The molecule has 0 aliphatic carbocycles. The number of carboxylic acids is 1. The molecular formula is C13H12BrNO4S2. The highest BCUT2D eigenvalue weighted by Crippen LogP contribution is 2.31. The molecule has 2 rings (SSSR count). The zero-order chi connectivity index (χ0) is 15.8. The molecule has 1 aromatic heterocycles. The zero-order valence-corrected chi connectivity index (χ0v) is 14.4. The molecule has 0 spiro atoms. The minimum Gasteiger partial charge on any atom is -0.478 e. The van der Waals surface area contributed by atoms with Crippen molar-refractivity contribution in [1.29, 1.82) is 0 Å². The lowest BCUT2D eigenvalue weighted by atomic mass is 10.1. The number of nitrogens with one attached hydrogen (secondary N) is 1. The van der Waals surface area contributed by atoms with Gasteiger partial charge in [-0.05, 0) is 53.5 Å². The number of anilines is 1. The van der Waals surface area contributed by atoms with Crippen molar-refractivity contribution in [3.8, 4) is 0 Å². The third kappa shape index (κ3) is 3.28. The molecule has 0 bridgehead atoms. The maximum Gasteiger partial charge on any atom is 0.336 e. The van der Waals surface area contributed by atoms with Crippen LogP contribution in [0.15, 0.2) is 32.9 Å². The Bertz CT molecular complexity index is 812. The third-order valence-electron chi connectivity index (χ3n) is 2.94. The maximum absolute atomic E-state index is 12.4. The van der Waals surface area contributed by atoms with Crippen molar-refractivity contribution in [3.63, 3.8) is 0 Å². The van der Waals surface area contributed by atoms with Gasteiger partial charge in [0.1, 0.15) is 4.90 Å². The summed E-state index contributed by atoms with van der Waals surface area (Å²) in [4.78, 5) is 11.9. The Balaban J connectivity index is 2.45. The van der Waals surface area contributed by atoms with Gasteiger partial charge in [0.25, 0.3) is 10.0 Å². The van der Waals surface area contributed by atoms with Gasteiger partial charge in [-0.25, -0.2) is 13.2 Å². The SMILES string of the molecule is Cc1sc(Br)cc1S(=O)(=O)Nc1cccc(C(=O)O)c1C. The number of hydrogen-bond acceptors (Lipinski definition) is 4. The van der Waals surface area contributed by atoms with Crippen LogP contribution in [0, 0.1) is 13.8 Å². The molecule has 0 aliphatic rings. The van der Waals surface area contributed by atoms with Crippen molar-refractivity contribution in [3.05, 3.63) is 44.1 Å². The molecule has 0 aliphatic heterocycles. The Hall–Kier alpha value is -1.38. The van der Waals surface area contributed by atoms with Crippen LogP contribution in [0.2, 0.25) is 0 Å². The second-order valence-corrected chi connectivity index (χ2v) is 8.65. The van der Waals surface area contributed by atoms with Crippen LogP contribution in [0.1, 0.15) is 20.8 Å². The number of sulfonamides is 1. The smallest absolute Gasteiger partial charge is 0.336 e. The number of rotatable bonds is 4. The number of carboxylic acid groups (broad SMARTS) is 1. The normalized spacial score (nSPS) is 11.4. The van der Waals surface area contributed by atoms with Gasteiger partial charge < -0.3 is 5.11 Å². The monoisotopic (exact) mass is 389 g/mol. The van der Waals surface area contributed by atoms with E-state index in [-0.39, 0.29) is 16.1 Å². The Morgan fingerprint density at radius 2 is 2.00 bits per heavy atom. The molecule has 2 N–H and O–H groups in total. The zero-order valence-electron chi connectivity index (χ0n) is 11.2. The van der Waals surface area contributed by atoms with Gasteiger partial charge in [-0.3, -0.25) is 4.72 Å². The van der Waals surface area contributed by atoms with E-state index in [1.165, 1.54) is 35.6 Å². The van der Waals surface area contributed by atoms with Crippen LogP contribution < -0.4 is 4.72 Å². The summed E-state index contributed by atoms with van der Waals surface area (Å²) in [5.74, 6) is -1.09. The van der Waals surface area contributed by atoms with Crippen molar-refractivity contribution in [2.45, 2.75) is 18.7 Å². The summed E-state index contributed by atoms with van der Waals surface area (Å²) >= 11 is 4.58. The molecule has 0 atom stereocenters. The number of thiophene rings is 1. The van der Waals surface area contributed by atoms with E-state index in [9.17, 15) is 13.2 Å². The van der Waals surface area contributed by atoms with Crippen LogP contribution in [0.25, 0.3) is 0 Å². The summed E-state index contributed by atoms with van der Waals surface area (Å²) in [6, 6.07) is 6.00. The number of aromatic carboxylic acids is 1. The molecule has 2 aromatic rings. The van der Waals surface area contributed by atoms with E-state index in [0.717, 1.165) is 3.79 Å². The van der Waals surface area contributed by atoms with Crippen molar-refractivity contribution >= 4 is 48.9 Å². The fourth-order valence-electron chi connectivity index (χ4n) is 1.88. The van der Waals surface area contributed by atoms with E-state index in [4.69, 9.17) is 5.11 Å². The Morgan fingerprint density at radius 3 is 2.52 bits per heavy atom. The molecule has 21 heavy (non-hydrogen) atoms. The van der Waals surface area contributed by atoms with Gasteiger partial charge in [0, 0.05) is 4.88 Å². The van der Waals surface area contributed by atoms with Gasteiger partial charge in [-0.15, -0.1) is 11.3 Å². The fraction of sp³-hybridized carbons (Fsp3) is 0.154. The summed E-state index contributed by atoms with van der Waals surface area (Å²) in [5.41, 5.74) is 0.704. The lowest BCUT2D eigenvalue weighted by Gasteiger charge is -2.11. The molecule has 0 unspecified atom stereocenters. The molecular weight excluding hydrogens is 378 g/mol. The molecule has 0 fully saturated rings.